The Morgan fingerprint density at radius 2 is 2.06 bits per heavy atom. The molecule has 0 aliphatic carbocycles. The maximum Gasteiger partial charge on any atom is 0.341 e. The molecule has 0 amide bonds. The fourth-order valence-electron chi connectivity index (χ4n) is 5.25. The predicted octanol–water partition coefficient (Wildman–Crippen LogP) is 3.34. The van der Waals surface area contributed by atoms with Gasteiger partial charge in [-0.2, -0.15) is 5.10 Å². The number of carboxylic acids is 1. The van der Waals surface area contributed by atoms with Crippen LogP contribution < -0.4 is 10.2 Å². The van der Waals surface area contributed by atoms with Gasteiger partial charge in [0, 0.05) is 53.2 Å². The highest BCUT2D eigenvalue weighted by Crippen LogP contribution is 2.48. The molecule has 8 heteroatoms. The zero-order valence-electron chi connectivity index (χ0n) is 18.6. The minimum absolute atomic E-state index is 0.0502. The molecule has 3 aliphatic heterocycles. The van der Waals surface area contributed by atoms with Gasteiger partial charge in [-0.1, -0.05) is 13.8 Å². The van der Waals surface area contributed by atoms with Crippen molar-refractivity contribution in [1.29, 1.82) is 0 Å². The largest absolute Gasteiger partial charge is 0.492 e. The standard InChI is InChI=1S/C25H25N3O5/c1-13(2)20-6-14-5-18(15-8-26-28(9-15)16-11-32-12-16)24-17(3-4-33-24)23(14)21-7-22(29)19(25(30)31)10-27(20)21/h5,7-10,13,16,20H,3-4,6,11-12H2,1-2H3,(H,30,31). The minimum Gasteiger partial charge on any atom is -0.492 e. The second kappa shape index (κ2) is 7.31. The van der Waals surface area contributed by atoms with Gasteiger partial charge in [0.15, 0.2) is 5.43 Å². The Morgan fingerprint density at radius 1 is 1.24 bits per heavy atom. The van der Waals surface area contributed by atoms with E-state index in [-0.39, 0.29) is 23.6 Å². The molecule has 170 valence electrons. The monoisotopic (exact) mass is 447 g/mol. The van der Waals surface area contributed by atoms with Crippen molar-refractivity contribution in [2.24, 2.45) is 5.92 Å². The molecule has 0 spiro atoms. The Hall–Kier alpha value is -3.39. The molecule has 2 aromatic heterocycles. The van der Waals surface area contributed by atoms with Gasteiger partial charge in [-0.3, -0.25) is 9.48 Å². The van der Waals surface area contributed by atoms with Crippen LogP contribution in [0.4, 0.5) is 0 Å². The number of ether oxygens (including phenoxy) is 2. The van der Waals surface area contributed by atoms with Gasteiger partial charge in [0.2, 0.25) is 0 Å². The zero-order chi connectivity index (χ0) is 22.9. The molecule has 0 bridgehead atoms. The van der Waals surface area contributed by atoms with Crippen LogP contribution in [-0.2, 0) is 17.6 Å². The van der Waals surface area contributed by atoms with Crippen molar-refractivity contribution in [2.45, 2.75) is 38.8 Å². The van der Waals surface area contributed by atoms with Crippen molar-refractivity contribution in [3.05, 3.63) is 57.6 Å². The van der Waals surface area contributed by atoms with E-state index in [1.165, 1.54) is 12.3 Å². The van der Waals surface area contributed by atoms with Gasteiger partial charge >= 0.3 is 5.97 Å². The number of carboxylic acid groups (broad SMARTS) is 1. The molecule has 3 aliphatic rings. The molecule has 1 fully saturated rings. The maximum atomic E-state index is 12.7. The number of benzene rings is 1. The smallest absolute Gasteiger partial charge is 0.341 e. The van der Waals surface area contributed by atoms with E-state index < -0.39 is 11.4 Å². The second-order valence-corrected chi connectivity index (χ2v) is 9.43. The van der Waals surface area contributed by atoms with E-state index >= 15 is 0 Å². The third-order valence-electron chi connectivity index (χ3n) is 7.09. The van der Waals surface area contributed by atoms with Gasteiger partial charge in [-0.05, 0) is 24.0 Å². The fourth-order valence-corrected chi connectivity index (χ4v) is 5.25. The highest BCUT2D eigenvalue weighted by molar-refractivity contribution is 5.88. The van der Waals surface area contributed by atoms with E-state index in [9.17, 15) is 14.7 Å². The van der Waals surface area contributed by atoms with Gasteiger partial charge in [0.25, 0.3) is 0 Å². The average Bonchev–Trinajstić information content (AvgIpc) is 3.40. The van der Waals surface area contributed by atoms with E-state index in [0.29, 0.717) is 19.8 Å². The van der Waals surface area contributed by atoms with Crippen molar-refractivity contribution in [3.8, 4) is 28.1 Å². The highest BCUT2D eigenvalue weighted by atomic mass is 16.5. The topological polar surface area (TPSA) is 95.6 Å². The lowest BCUT2D eigenvalue weighted by Crippen LogP contribution is -2.30. The summed E-state index contributed by atoms with van der Waals surface area (Å²) in [6.45, 7) is 6.19. The lowest BCUT2D eigenvalue weighted by molar-refractivity contribution is -0.0286. The molecule has 1 N–H and O–H groups in total. The summed E-state index contributed by atoms with van der Waals surface area (Å²) < 4.78 is 15.3. The van der Waals surface area contributed by atoms with Crippen molar-refractivity contribution in [2.75, 3.05) is 19.8 Å². The van der Waals surface area contributed by atoms with Crippen LogP contribution in [0.2, 0.25) is 0 Å². The Balaban J connectivity index is 1.56. The van der Waals surface area contributed by atoms with Crippen LogP contribution in [0.3, 0.4) is 0 Å². The first kappa shape index (κ1) is 20.2. The van der Waals surface area contributed by atoms with Gasteiger partial charge in [-0.25, -0.2) is 4.79 Å². The number of rotatable bonds is 4. The van der Waals surface area contributed by atoms with Crippen LogP contribution in [0.25, 0.3) is 22.4 Å². The molecule has 1 aromatic carbocycles. The molecule has 1 saturated heterocycles. The fraction of sp³-hybridized carbons (Fsp3) is 0.400. The number of hydrogen-bond donors (Lipinski definition) is 1. The zero-order valence-corrected chi connectivity index (χ0v) is 18.6. The number of aromatic carboxylic acids is 1. The number of nitrogens with zero attached hydrogens (tertiary/aromatic N) is 3. The highest BCUT2D eigenvalue weighted by Gasteiger charge is 2.34. The van der Waals surface area contributed by atoms with E-state index in [4.69, 9.17) is 9.47 Å². The Kier molecular flexibility index (Phi) is 4.48. The van der Waals surface area contributed by atoms with Gasteiger partial charge in [-0.15, -0.1) is 0 Å². The van der Waals surface area contributed by atoms with Crippen LogP contribution in [0, 0.1) is 5.92 Å². The van der Waals surface area contributed by atoms with E-state index in [1.54, 1.807) is 0 Å². The molecule has 0 saturated carbocycles. The summed E-state index contributed by atoms with van der Waals surface area (Å²) in [7, 11) is 0. The van der Waals surface area contributed by atoms with Crippen molar-refractivity contribution >= 4 is 5.97 Å². The molecule has 1 unspecified atom stereocenters. The molecular weight excluding hydrogens is 422 g/mol. The number of aromatic nitrogens is 3. The summed E-state index contributed by atoms with van der Waals surface area (Å²) in [6, 6.07) is 3.99. The predicted molar refractivity (Wildman–Crippen MR) is 121 cm³/mol. The molecule has 1 atom stereocenters. The lowest BCUT2D eigenvalue weighted by atomic mass is 9.82. The van der Waals surface area contributed by atoms with Crippen LogP contribution >= 0.6 is 0 Å². The molecule has 6 rings (SSSR count). The van der Waals surface area contributed by atoms with Crippen LogP contribution in [0.15, 0.2) is 35.5 Å². The van der Waals surface area contributed by atoms with Crippen molar-refractivity contribution in [3.63, 3.8) is 0 Å². The van der Waals surface area contributed by atoms with Crippen LogP contribution in [0.1, 0.15) is 47.4 Å². The summed E-state index contributed by atoms with van der Waals surface area (Å²) in [5.41, 5.74) is 5.41. The van der Waals surface area contributed by atoms with Crippen LogP contribution in [0.5, 0.6) is 5.75 Å². The van der Waals surface area contributed by atoms with Gasteiger partial charge in [0.05, 0.1) is 37.8 Å². The van der Waals surface area contributed by atoms with Gasteiger partial charge in [0.1, 0.15) is 11.3 Å². The summed E-state index contributed by atoms with van der Waals surface area (Å²) in [4.78, 5) is 24.3. The Morgan fingerprint density at radius 3 is 2.76 bits per heavy atom. The normalized spacial score (nSPS) is 18.9. The summed E-state index contributed by atoms with van der Waals surface area (Å²) in [5, 5.41) is 14.1. The summed E-state index contributed by atoms with van der Waals surface area (Å²) in [5.74, 6) is -0.0979. The Labute approximate surface area is 190 Å². The molecule has 5 heterocycles. The average molecular weight is 447 g/mol. The van der Waals surface area contributed by atoms with Gasteiger partial charge < -0.3 is 19.1 Å². The second-order valence-electron chi connectivity index (χ2n) is 9.43. The lowest BCUT2D eigenvalue weighted by Gasteiger charge is -2.34. The molecule has 0 radical (unpaired) electrons. The maximum absolute atomic E-state index is 12.7. The third kappa shape index (κ3) is 3.04. The minimum atomic E-state index is -1.19. The Bertz CT molecular complexity index is 1350. The van der Waals surface area contributed by atoms with E-state index in [0.717, 1.165) is 52.1 Å². The van der Waals surface area contributed by atoms with E-state index in [2.05, 4.69) is 31.2 Å². The number of fused-ring (bicyclic) bond motifs is 5. The molecule has 3 aromatic rings. The molecule has 33 heavy (non-hydrogen) atoms. The van der Waals surface area contributed by atoms with Crippen molar-refractivity contribution in [1.82, 2.24) is 14.3 Å². The SMILES string of the molecule is CC(C)C1Cc2cc(-c3cnn(C4COC4)c3)c3c(c2-c2cc(=O)c(C(=O)O)cn21)CCO3. The summed E-state index contributed by atoms with van der Waals surface area (Å²) >= 11 is 0. The first-order valence-electron chi connectivity index (χ1n) is 11.4. The van der Waals surface area contributed by atoms with E-state index in [1.807, 2.05) is 15.4 Å². The van der Waals surface area contributed by atoms with Crippen LogP contribution in [-0.4, -0.2) is 45.2 Å². The number of pyridine rings is 1. The third-order valence-corrected chi connectivity index (χ3v) is 7.09. The molecule has 8 nitrogen and oxygen atoms in total. The quantitative estimate of drug-likeness (QED) is 0.659. The first-order valence-corrected chi connectivity index (χ1v) is 11.4. The summed E-state index contributed by atoms with van der Waals surface area (Å²) in [6.07, 6.45) is 6.96. The van der Waals surface area contributed by atoms with Crippen molar-refractivity contribution < 1.29 is 19.4 Å². The molecular formula is C25H25N3O5. The first-order chi connectivity index (χ1) is 15.9. The number of hydrogen-bond acceptors (Lipinski definition) is 5. The number of carbonyl (C=O) groups is 1.